The third kappa shape index (κ3) is 1.43. The normalized spacial score (nSPS) is 28.9. The molecule has 1 unspecified atom stereocenters. The molecule has 1 aromatic heterocycles. The molecule has 1 saturated heterocycles. The van der Waals surface area contributed by atoms with Crippen LogP contribution in [0.5, 0.6) is 0 Å². The number of fused-ring (bicyclic) bond motifs is 2. The van der Waals surface area contributed by atoms with E-state index in [-0.39, 0.29) is 5.54 Å². The fourth-order valence-corrected chi connectivity index (χ4v) is 4.26. The van der Waals surface area contributed by atoms with Crippen molar-refractivity contribution in [2.45, 2.75) is 38.3 Å². The molecule has 0 aliphatic carbocycles. The van der Waals surface area contributed by atoms with Crippen LogP contribution in [-0.4, -0.2) is 27.6 Å². The number of thioether (sulfide) groups is 1. The lowest BCUT2D eigenvalue weighted by Gasteiger charge is -2.36. The largest absolute Gasteiger partial charge is 0.330 e. The minimum Gasteiger partial charge on any atom is -0.330 e. The molecule has 16 heavy (non-hydrogen) atoms. The van der Waals surface area contributed by atoms with Crippen molar-refractivity contribution < 1.29 is 0 Å². The van der Waals surface area contributed by atoms with Crippen LogP contribution in [0.25, 0.3) is 0 Å². The van der Waals surface area contributed by atoms with Crippen molar-refractivity contribution in [2.75, 3.05) is 18.1 Å². The van der Waals surface area contributed by atoms with Gasteiger partial charge in [-0.1, -0.05) is 0 Å². The van der Waals surface area contributed by atoms with E-state index in [2.05, 4.69) is 40.5 Å². The zero-order valence-corrected chi connectivity index (χ0v) is 10.8. The van der Waals surface area contributed by atoms with Gasteiger partial charge >= 0.3 is 0 Å². The molecule has 2 aliphatic heterocycles. The number of nitrogens with zero attached hydrogens (tertiary/aromatic N) is 2. The second-order valence-electron chi connectivity index (χ2n) is 5.10. The Balaban J connectivity index is 2.11. The first-order valence-electron chi connectivity index (χ1n) is 6.12. The fraction of sp³-hybridized carbons (Fsp3) is 0.750. The Morgan fingerprint density at radius 3 is 3.12 bits per heavy atom. The lowest BCUT2D eigenvalue weighted by molar-refractivity contribution is 0.325. The first kappa shape index (κ1) is 10.7. The van der Waals surface area contributed by atoms with Gasteiger partial charge in [-0.2, -0.15) is 11.8 Å². The quantitative estimate of drug-likeness (QED) is 0.809. The van der Waals surface area contributed by atoms with Crippen molar-refractivity contribution in [3.05, 3.63) is 17.7 Å². The van der Waals surface area contributed by atoms with Crippen LogP contribution in [-0.2, 0) is 12.0 Å². The molecule has 0 radical (unpaired) electrons. The molecule has 3 rings (SSSR count). The molecule has 1 atom stereocenters. The van der Waals surface area contributed by atoms with Crippen LogP contribution in [0.4, 0.5) is 0 Å². The molecule has 88 valence electrons. The third-order valence-electron chi connectivity index (χ3n) is 3.73. The summed E-state index contributed by atoms with van der Waals surface area (Å²) >= 11 is 2.06. The summed E-state index contributed by atoms with van der Waals surface area (Å²) in [6.07, 6.45) is 4.37. The van der Waals surface area contributed by atoms with Gasteiger partial charge in [-0.15, -0.1) is 0 Å². The standard InChI is InChI=1S/C12H19N3S/c1-9(2)15-8-13-10-3-5-14-12(11(10)15)4-6-16-7-12/h8-9,14H,3-7H2,1-2H3. The summed E-state index contributed by atoms with van der Waals surface area (Å²) < 4.78 is 2.37. The second kappa shape index (κ2) is 3.77. The van der Waals surface area contributed by atoms with Crippen LogP contribution in [0.3, 0.4) is 0 Å². The Morgan fingerprint density at radius 1 is 1.56 bits per heavy atom. The molecule has 1 N–H and O–H groups in total. The van der Waals surface area contributed by atoms with Gasteiger partial charge in [0.05, 0.1) is 23.3 Å². The van der Waals surface area contributed by atoms with Crippen molar-refractivity contribution in [3.8, 4) is 0 Å². The Hall–Kier alpha value is -0.480. The van der Waals surface area contributed by atoms with Crippen molar-refractivity contribution >= 4 is 11.8 Å². The Kier molecular flexibility index (Phi) is 2.51. The van der Waals surface area contributed by atoms with E-state index in [9.17, 15) is 0 Å². The topological polar surface area (TPSA) is 29.9 Å². The average Bonchev–Trinajstić information content (AvgIpc) is 2.85. The lowest BCUT2D eigenvalue weighted by atomic mass is 9.88. The molecular formula is C12H19N3S. The Labute approximate surface area is 101 Å². The Bertz CT molecular complexity index is 391. The molecule has 4 heteroatoms. The van der Waals surface area contributed by atoms with Crippen LogP contribution >= 0.6 is 11.8 Å². The highest BCUT2D eigenvalue weighted by atomic mass is 32.2. The lowest BCUT2D eigenvalue weighted by Crippen LogP contribution is -2.48. The van der Waals surface area contributed by atoms with E-state index in [0.29, 0.717) is 6.04 Å². The molecule has 2 aliphatic rings. The summed E-state index contributed by atoms with van der Waals surface area (Å²) in [5.74, 6) is 2.48. The van der Waals surface area contributed by atoms with Crippen molar-refractivity contribution in [1.82, 2.24) is 14.9 Å². The summed E-state index contributed by atoms with van der Waals surface area (Å²) in [5, 5.41) is 3.75. The number of hydrogen-bond donors (Lipinski definition) is 1. The predicted octanol–water partition coefficient (Wildman–Crippen LogP) is 1.94. The maximum absolute atomic E-state index is 4.61. The summed E-state index contributed by atoms with van der Waals surface area (Å²) in [6, 6.07) is 0.513. The van der Waals surface area contributed by atoms with Crippen molar-refractivity contribution in [1.29, 1.82) is 0 Å². The minimum absolute atomic E-state index is 0.221. The highest BCUT2D eigenvalue weighted by Crippen LogP contribution is 2.40. The van der Waals surface area contributed by atoms with Gasteiger partial charge in [-0.25, -0.2) is 4.98 Å². The number of aromatic nitrogens is 2. The molecule has 0 bridgehead atoms. The van der Waals surface area contributed by atoms with E-state index in [1.54, 1.807) is 0 Å². The third-order valence-corrected chi connectivity index (χ3v) is 4.92. The average molecular weight is 237 g/mol. The van der Waals surface area contributed by atoms with Gasteiger partial charge in [0.15, 0.2) is 0 Å². The summed E-state index contributed by atoms with van der Waals surface area (Å²) in [4.78, 5) is 4.61. The first-order chi connectivity index (χ1) is 7.73. The summed E-state index contributed by atoms with van der Waals surface area (Å²) in [7, 11) is 0. The van der Waals surface area contributed by atoms with E-state index in [4.69, 9.17) is 0 Å². The van der Waals surface area contributed by atoms with Gasteiger partial charge < -0.3 is 9.88 Å². The maximum atomic E-state index is 4.61. The van der Waals surface area contributed by atoms with Crippen LogP contribution < -0.4 is 5.32 Å². The zero-order chi connectivity index (χ0) is 11.2. The van der Waals surface area contributed by atoms with Crippen LogP contribution in [0, 0.1) is 0 Å². The molecule has 0 saturated carbocycles. The molecule has 1 fully saturated rings. The van der Waals surface area contributed by atoms with Gasteiger partial charge in [0.1, 0.15) is 0 Å². The second-order valence-corrected chi connectivity index (χ2v) is 6.21. The van der Waals surface area contributed by atoms with E-state index in [1.807, 2.05) is 6.33 Å². The molecular weight excluding hydrogens is 218 g/mol. The van der Waals surface area contributed by atoms with Crippen LogP contribution in [0.15, 0.2) is 6.33 Å². The molecule has 1 spiro atoms. The number of hydrogen-bond acceptors (Lipinski definition) is 3. The van der Waals surface area contributed by atoms with E-state index in [0.717, 1.165) is 13.0 Å². The smallest absolute Gasteiger partial charge is 0.0954 e. The number of rotatable bonds is 1. The fourth-order valence-electron chi connectivity index (χ4n) is 2.89. The van der Waals surface area contributed by atoms with Crippen molar-refractivity contribution in [3.63, 3.8) is 0 Å². The number of nitrogens with one attached hydrogen (secondary N) is 1. The molecule has 0 amide bonds. The highest BCUT2D eigenvalue weighted by molar-refractivity contribution is 7.99. The molecule has 3 heterocycles. The monoisotopic (exact) mass is 237 g/mol. The van der Waals surface area contributed by atoms with Gasteiger partial charge in [0, 0.05) is 24.8 Å². The van der Waals surface area contributed by atoms with Gasteiger partial charge in [0.2, 0.25) is 0 Å². The van der Waals surface area contributed by atoms with Gasteiger partial charge in [0.25, 0.3) is 0 Å². The van der Waals surface area contributed by atoms with Crippen molar-refractivity contribution in [2.24, 2.45) is 0 Å². The van der Waals surface area contributed by atoms with E-state index >= 15 is 0 Å². The first-order valence-corrected chi connectivity index (χ1v) is 7.27. The van der Waals surface area contributed by atoms with Gasteiger partial charge in [-0.05, 0) is 26.0 Å². The molecule has 3 nitrogen and oxygen atoms in total. The molecule has 1 aromatic rings. The minimum atomic E-state index is 0.221. The van der Waals surface area contributed by atoms with E-state index in [1.165, 1.54) is 29.3 Å². The van der Waals surface area contributed by atoms with Crippen LogP contribution in [0.2, 0.25) is 0 Å². The SMILES string of the molecule is CC(C)n1cnc2c1C1(CCSC1)NCC2. The number of imidazole rings is 1. The van der Waals surface area contributed by atoms with Gasteiger partial charge in [-0.3, -0.25) is 0 Å². The van der Waals surface area contributed by atoms with Crippen LogP contribution in [0.1, 0.15) is 37.7 Å². The maximum Gasteiger partial charge on any atom is 0.0954 e. The predicted molar refractivity (Wildman–Crippen MR) is 67.9 cm³/mol. The van der Waals surface area contributed by atoms with E-state index < -0.39 is 0 Å². The molecule has 0 aromatic carbocycles. The zero-order valence-electron chi connectivity index (χ0n) is 9.99. The Morgan fingerprint density at radius 2 is 2.44 bits per heavy atom. The summed E-state index contributed by atoms with van der Waals surface area (Å²) in [6.45, 7) is 5.57. The summed E-state index contributed by atoms with van der Waals surface area (Å²) in [5.41, 5.74) is 3.02. The highest BCUT2D eigenvalue weighted by Gasteiger charge is 2.42.